The van der Waals surface area contributed by atoms with Crippen molar-refractivity contribution >= 4 is 0 Å². The fraction of sp³-hybridized carbons (Fsp3) is 0.600. The van der Waals surface area contributed by atoms with Crippen molar-refractivity contribution in [3.8, 4) is 0 Å². The van der Waals surface area contributed by atoms with E-state index in [1.807, 2.05) is 13.8 Å². The molecule has 0 aliphatic heterocycles. The van der Waals surface area contributed by atoms with Crippen molar-refractivity contribution < 1.29 is 0 Å². The van der Waals surface area contributed by atoms with E-state index >= 15 is 0 Å². The van der Waals surface area contributed by atoms with Gasteiger partial charge in [0.1, 0.15) is 0 Å². The van der Waals surface area contributed by atoms with E-state index in [4.69, 9.17) is 5.53 Å². The first-order valence-corrected chi connectivity index (χ1v) is 4.54. The maximum absolute atomic E-state index is 8.36. The van der Waals surface area contributed by atoms with Crippen LogP contribution >= 0.6 is 0 Å². The molecule has 0 spiro atoms. The summed E-state index contributed by atoms with van der Waals surface area (Å²) in [6.45, 7) is 8.02. The molecule has 0 aromatic rings. The van der Waals surface area contributed by atoms with Crippen LogP contribution in [0, 0.1) is 5.92 Å². The molecule has 3 nitrogen and oxygen atoms in total. The zero-order valence-electron chi connectivity index (χ0n) is 8.25. The maximum Gasteiger partial charge on any atom is 0.0146 e. The van der Waals surface area contributed by atoms with Crippen LogP contribution in [0.3, 0.4) is 0 Å². The molecule has 0 unspecified atom stereocenters. The first-order chi connectivity index (χ1) is 6.15. The summed E-state index contributed by atoms with van der Waals surface area (Å²) in [6.07, 6.45) is 3.04. The van der Waals surface area contributed by atoms with E-state index in [2.05, 4.69) is 16.6 Å². The molecule has 0 amide bonds. The number of hydrogen-bond donors (Lipinski definition) is 0. The summed E-state index contributed by atoms with van der Waals surface area (Å²) in [6, 6.07) is 0. The fourth-order valence-electron chi connectivity index (χ4n) is 1.65. The summed E-state index contributed by atoms with van der Waals surface area (Å²) < 4.78 is 0. The summed E-state index contributed by atoms with van der Waals surface area (Å²) in [5, 5.41) is 3.72. The van der Waals surface area contributed by atoms with Gasteiger partial charge in [-0.25, -0.2) is 0 Å². The fourth-order valence-corrected chi connectivity index (χ4v) is 1.65. The lowest BCUT2D eigenvalue weighted by Gasteiger charge is -2.23. The van der Waals surface area contributed by atoms with Gasteiger partial charge in [-0.15, -0.1) is 0 Å². The number of nitrogens with zero attached hydrogens (tertiary/aromatic N) is 3. The minimum absolute atomic E-state index is 0.504. The van der Waals surface area contributed by atoms with Crippen molar-refractivity contribution in [3.05, 3.63) is 33.9 Å². The van der Waals surface area contributed by atoms with Gasteiger partial charge in [0.25, 0.3) is 0 Å². The van der Waals surface area contributed by atoms with Gasteiger partial charge in [0, 0.05) is 10.6 Å². The second-order valence-corrected chi connectivity index (χ2v) is 3.70. The summed E-state index contributed by atoms with van der Waals surface area (Å²) in [4.78, 5) is 2.84. The average Bonchev–Trinajstić information content (AvgIpc) is 2.08. The van der Waals surface area contributed by atoms with Gasteiger partial charge in [0.15, 0.2) is 0 Å². The Morgan fingerprint density at radius 2 is 2.38 bits per heavy atom. The SMILES string of the molecule is C=C(C)[C@@H]1CCC(C)=C(N=[N+]=[N-])C1. The maximum atomic E-state index is 8.36. The predicted molar refractivity (Wildman–Crippen MR) is 54.0 cm³/mol. The lowest BCUT2D eigenvalue weighted by Crippen LogP contribution is -2.09. The first-order valence-electron chi connectivity index (χ1n) is 4.54. The third kappa shape index (κ3) is 2.36. The zero-order valence-corrected chi connectivity index (χ0v) is 8.25. The first kappa shape index (κ1) is 9.87. The van der Waals surface area contributed by atoms with Crippen molar-refractivity contribution in [1.29, 1.82) is 0 Å². The van der Waals surface area contributed by atoms with Crippen LogP contribution < -0.4 is 0 Å². The summed E-state index contributed by atoms with van der Waals surface area (Å²) in [5.74, 6) is 0.504. The smallest absolute Gasteiger partial charge is 0.0146 e. The quantitative estimate of drug-likeness (QED) is 0.265. The molecule has 1 atom stereocenters. The van der Waals surface area contributed by atoms with Crippen molar-refractivity contribution in [2.75, 3.05) is 0 Å². The molecule has 0 N–H and O–H groups in total. The Hall–Kier alpha value is -1.21. The normalized spacial score (nSPS) is 22.5. The molecule has 0 bridgehead atoms. The van der Waals surface area contributed by atoms with Crippen molar-refractivity contribution in [1.82, 2.24) is 0 Å². The Bertz CT molecular complexity index is 295. The second kappa shape index (κ2) is 4.15. The lowest BCUT2D eigenvalue weighted by atomic mass is 9.84. The minimum atomic E-state index is 0.504. The Kier molecular flexibility index (Phi) is 3.15. The van der Waals surface area contributed by atoms with Crippen LogP contribution in [-0.4, -0.2) is 0 Å². The van der Waals surface area contributed by atoms with Gasteiger partial charge in [0.2, 0.25) is 0 Å². The standard InChI is InChI=1S/C10H15N3/c1-7(2)9-5-4-8(3)10(6-9)12-13-11/h9H,1,4-6H2,2-3H3/t9-/m1/s1. The molecule has 1 aliphatic rings. The topological polar surface area (TPSA) is 48.8 Å². The third-order valence-electron chi connectivity index (χ3n) is 2.66. The molecule has 0 saturated carbocycles. The number of hydrogen-bond acceptors (Lipinski definition) is 1. The molecule has 0 heterocycles. The summed E-state index contributed by atoms with van der Waals surface area (Å²) >= 11 is 0. The van der Waals surface area contributed by atoms with Gasteiger partial charge in [-0.3, -0.25) is 0 Å². The molecule has 13 heavy (non-hydrogen) atoms. The van der Waals surface area contributed by atoms with Gasteiger partial charge < -0.3 is 0 Å². The van der Waals surface area contributed by atoms with Crippen LogP contribution in [0.1, 0.15) is 33.1 Å². The van der Waals surface area contributed by atoms with Gasteiger partial charge in [-0.05, 0) is 44.6 Å². The van der Waals surface area contributed by atoms with Gasteiger partial charge in [-0.2, -0.15) is 0 Å². The summed E-state index contributed by atoms with van der Waals surface area (Å²) in [7, 11) is 0. The average molecular weight is 177 g/mol. The minimum Gasteiger partial charge on any atom is -0.0998 e. The van der Waals surface area contributed by atoms with Crippen molar-refractivity contribution in [2.45, 2.75) is 33.1 Å². The largest absolute Gasteiger partial charge is 0.0998 e. The highest BCUT2D eigenvalue weighted by molar-refractivity contribution is 5.18. The Labute approximate surface area is 78.8 Å². The Morgan fingerprint density at radius 1 is 1.69 bits per heavy atom. The van der Waals surface area contributed by atoms with Crippen LogP contribution in [0.2, 0.25) is 0 Å². The van der Waals surface area contributed by atoms with E-state index in [9.17, 15) is 0 Å². The van der Waals surface area contributed by atoms with E-state index < -0.39 is 0 Å². The van der Waals surface area contributed by atoms with Gasteiger partial charge in [-0.1, -0.05) is 22.8 Å². The number of rotatable bonds is 2. The zero-order chi connectivity index (χ0) is 9.84. The number of azide groups is 1. The molecule has 1 rings (SSSR count). The van der Waals surface area contributed by atoms with Crippen molar-refractivity contribution in [3.63, 3.8) is 0 Å². The highest BCUT2D eigenvalue weighted by Crippen LogP contribution is 2.33. The molecule has 0 fully saturated rings. The molecule has 0 aromatic carbocycles. The van der Waals surface area contributed by atoms with Crippen molar-refractivity contribution in [2.24, 2.45) is 11.0 Å². The molecular weight excluding hydrogens is 162 g/mol. The van der Waals surface area contributed by atoms with Gasteiger partial charge in [0.05, 0.1) is 0 Å². The Morgan fingerprint density at radius 3 is 2.92 bits per heavy atom. The highest BCUT2D eigenvalue weighted by atomic mass is 15.1. The van der Waals surface area contributed by atoms with Crippen LogP contribution in [0.25, 0.3) is 10.4 Å². The van der Waals surface area contributed by atoms with Gasteiger partial charge >= 0.3 is 0 Å². The Balaban J connectivity index is 2.81. The third-order valence-corrected chi connectivity index (χ3v) is 2.66. The summed E-state index contributed by atoms with van der Waals surface area (Å²) in [5.41, 5.74) is 11.7. The van der Waals surface area contributed by atoms with E-state index in [0.29, 0.717) is 5.92 Å². The predicted octanol–water partition coefficient (Wildman–Crippen LogP) is 3.95. The molecule has 0 aromatic heterocycles. The molecule has 0 radical (unpaired) electrons. The van der Waals surface area contributed by atoms with Crippen LogP contribution in [-0.2, 0) is 0 Å². The van der Waals surface area contributed by atoms with Crippen LogP contribution in [0.15, 0.2) is 28.5 Å². The van der Waals surface area contributed by atoms with E-state index in [0.717, 1.165) is 25.0 Å². The van der Waals surface area contributed by atoms with E-state index in [1.165, 1.54) is 11.1 Å². The molecule has 0 saturated heterocycles. The van der Waals surface area contributed by atoms with Crippen LogP contribution in [0.5, 0.6) is 0 Å². The van der Waals surface area contributed by atoms with E-state index in [1.54, 1.807) is 0 Å². The van der Waals surface area contributed by atoms with E-state index in [-0.39, 0.29) is 0 Å². The molecule has 70 valence electrons. The second-order valence-electron chi connectivity index (χ2n) is 3.70. The molecular formula is C10H15N3. The monoisotopic (exact) mass is 177 g/mol. The molecule has 3 heteroatoms. The van der Waals surface area contributed by atoms with Crippen LogP contribution in [0.4, 0.5) is 0 Å². The molecule has 1 aliphatic carbocycles. The number of allylic oxidation sites excluding steroid dienone is 3. The highest BCUT2D eigenvalue weighted by Gasteiger charge is 2.18. The lowest BCUT2D eigenvalue weighted by molar-refractivity contribution is 0.517.